The molecule has 1 saturated heterocycles. The minimum atomic E-state index is -0.417. The van der Waals surface area contributed by atoms with Crippen molar-refractivity contribution in [2.45, 2.75) is 46.6 Å². The van der Waals surface area contributed by atoms with Gasteiger partial charge in [-0.05, 0) is 35.4 Å². The van der Waals surface area contributed by atoms with Crippen molar-refractivity contribution in [1.82, 2.24) is 19.9 Å². The summed E-state index contributed by atoms with van der Waals surface area (Å²) in [6.45, 7) is 9.13. The van der Waals surface area contributed by atoms with E-state index in [1.807, 2.05) is 18.4 Å². The van der Waals surface area contributed by atoms with Gasteiger partial charge in [0.05, 0.1) is 22.5 Å². The van der Waals surface area contributed by atoms with Gasteiger partial charge in [-0.3, -0.25) is 14.6 Å². The van der Waals surface area contributed by atoms with E-state index in [-0.39, 0.29) is 29.1 Å². The summed E-state index contributed by atoms with van der Waals surface area (Å²) >= 11 is 1.42. The van der Waals surface area contributed by atoms with Crippen LogP contribution >= 0.6 is 11.3 Å². The van der Waals surface area contributed by atoms with Crippen molar-refractivity contribution in [2.24, 2.45) is 11.3 Å². The highest BCUT2D eigenvalue weighted by Crippen LogP contribution is 2.30. The molecule has 0 bridgehead atoms. The number of nitrogens with zero attached hydrogens (tertiary/aromatic N) is 4. The van der Waals surface area contributed by atoms with E-state index < -0.39 is 5.82 Å². The third-order valence-corrected chi connectivity index (χ3v) is 6.48. The average Bonchev–Trinajstić information content (AvgIpc) is 3.16. The lowest BCUT2D eigenvalue weighted by atomic mass is 9.85. The van der Waals surface area contributed by atoms with Crippen molar-refractivity contribution >= 4 is 39.2 Å². The Balaban J connectivity index is 1.46. The summed E-state index contributed by atoms with van der Waals surface area (Å²) < 4.78 is 14.3. The molecule has 1 aliphatic rings. The maximum Gasteiger partial charge on any atom is 0.274 e. The van der Waals surface area contributed by atoms with Crippen LogP contribution in [0.5, 0.6) is 0 Å². The van der Waals surface area contributed by atoms with Crippen molar-refractivity contribution in [3.63, 3.8) is 0 Å². The molecular formula is C24H28FN5O2S. The Labute approximate surface area is 196 Å². The summed E-state index contributed by atoms with van der Waals surface area (Å²) in [4.78, 5) is 40.1. The number of carbonyl (C=O) groups excluding carboxylic acids is 2. The molecule has 0 radical (unpaired) electrons. The number of halogens is 1. The van der Waals surface area contributed by atoms with E-state index in [4.69, 9.17) is 0 Å². The lowest BCUT2D eigenvalue weighted by molar-refractivity contribution is -0.122. The zero-order valence-electron chi connectivity index (χ0n) is 19.3. The Morgan fingerprint density at radius 3 is 2.73 bits per heavy atom. The Bertz CT molecular complexity index is 1180. The molecule has 3 aromatic heterocycles. The van der Waals surface area contributed by atoms with Crippen molar-refractivity contribution in [1.29, 1.82) is 0 Å². The first-order chi connectivity index (χ1) is 15.6. The first-order valence-electron chi connectivity index (χ1n) is 11.0. The Morgan fingerprint density at radius 1 is 1.27 bits per heavy atom. The summed E-state index contributed by atoms with van der Waals surface area (Å²) in [6.07, 6.45) is 3.79. The topological polar surface area (TPSA) is 88.1 Å². The molecule has 0 aromatic carbocycles. The molecule has 174 valence electrons. The molecule has 1 amide bonds. The molecular weight excluding hydrogens is 441 g/mol. The molecule has 0 spiro atoms. The number of thiophene rings is 1. The highest BCUT2D eigenvalue weighted by Gasteiger charge is 2.35. The maximum absolute atomic E-state index is 13.5. The monoisotopic (exact) mass is 469 g/mol. The normalized spacial score (nSPS) is 15.4. The van der Waals surface area contributed by atoms with Gasteiger partial charge in [-0.25, -0.2) is 14.4 Å². The van der Waals surface area contributed by atoms with Crippen molar-refractivity contribution in [3.05, 3.63) is 47.0 Å². The molecule has 0 saturated carbocycles. The van der Waals surface area contributed by atoms with Gasteiger partial charge in [0.15, 0.2) is 5.69 Å². The van der Waals surface area contributed by atoms with E-state index in [0.29, 0.717) is 48.7 Å². The summed E-state index contributed by atoms with van der Waals surface area (Å²) in [6, 6.07) is 2.96. The highest BCUT2D eigenvalue weighted by molar-refractivity contribution is 7.17. The molecule has 1 N–H and O–H groups in total. The van der Waals surface area contributed by atoms with Crippen LogP contribution in [0.4, 0.5) is 10.3 Å². The summed E-state index contributed by atoms with van der Waals surface area (Å²) in [5, 5.41) is 5.03. The number of anilines is 1. The lowest BCUT2D eigenvalue weighted by Crippen LogP contribution is -2.50. The quantitative estimate of drug-likeness (QED) is 0.531. The summed E-state index contributed by atoms with van der Waals surface area (Å²) in [7, 11) is 0. The molecule has 0 unspecified atom stereocenters. The molecule has 4 heterocycles. The predicted molar refractivity (Wildman–Crippen MR) is 127 cm³/mol. The molecule has 0 aliphatic carbocycles. The first kappa shape index (κ1) is 23.2. The van der Waals surface area contributed by atoms with Crippen molar-refractivity contribution < 1.29 is 14.0 Å². The van der Waals surface area contributed by atoms with Crippen LogP contribution in [-0.2, 0) is 4.79 Å². The molecule has 3 aromatic rings. The average molecular weight is 470 g/mol. The molecule has 33 heavy (non-hydrogen) atoms. The smallest absolute Gasteiger partial charge is 0.274 e. The third kappa shape index (κ3) is 5.52. The van der Waals surface area contributed by atoms with E-state index in [2.05, 4.69) is 41.0 Å². The van der Waals surface area contributed by atoms with Crippen LogP contribution in [0.1, 0.15) is 62.6 Å². The van der Waals surface area contributed by atoms with E-state index in [0.717, 1.165) is 10.9 Å². The number of likely N-dealkylation sites (tertiary alicyclic amines) is 1. The van der Waals surface area contributed by atoms with E-state index >= 15 is 0 Å². The van der Waals surface area contributed by atoms with Crippen LogP contribution in [0.2, 0.25) is 0 Å². The van der Waals surface area contributed by atoms with Gasteiger partial charge >= 0.3 is 0 Å². The fraction of sp³-hybridized carbons (Fsp3) is 0.458. The predicted octanol–water partition coefficient (Wildman–Crippen LogP) is 4.87. The van der Waals surface area contributed by atoms with Gasteiger partial charge in [-0.15, -0.1) is 11.3 Å². The zero-order chi connectivity index (χ0) is 23.8. The molecule has 4 rings (SSSR count). The largest absolute Gasteiger partial charge is 0.348 e. The fourth-order valence-corrected chi connectivity index (χ4v) is 4.83. The van der Waals surface area contributed by atoms with Gasteiger partial charge in [0.2, 0.25) is 5.95 Å². The van der Waals surface area contributed by atoms with Crippen LogP contribution in [-0.4, -0.2) is 44.6 Å². The zero-order valence-corrected chi connectivity index (χ0v) is 20.1. The van der Waals surface area contributed by atoms with Gasteiger partial charge in [-0.1, -0.05) is 20.8 Å². The third-order valence-electron chi connectivity index (χ3n) is 5.57. The lowest BCUT2D eigenvalue weighted by Gasteiger charge is -2.39. The molecule has 9 heteroatoms. The second kappa shape index (κ2) is 9.13. The highest BCUT2D eigenvalue weighted by atomic mass is 32.1. The molecule has 1 fully saturated rings. The van der Waals surface area contributed by atoms with Crippen LogP contribution in [0, 0.1) is 17.2 Å². The van der Waals surface area contributed by atoms with Gasteiger partial charge in [0, 0.05) is 38.0 Å². The number of nitrogens with one attached hydrogen (secondary N) is 1. The Morgan fingerprint density at radius 2 is 2.03 bits per heavy atom. The Kier molecular flexibility index (Phi) is 6.43. The van der Waals surface area contributed by atoms with E-state index in [1.165, 1.54) is 17.4 Å². The number of fused-ring (bicyclic) bond motifs is 1. The number of ketones is 1. The molecule has 1 atom stereocenters. The summed E-state index contributed by atoms with van der Waals surface area (Å²) in [5.41, 5.74) is 1.66. The summed E-state index contributed by atoms with van der Waals surface area (Å²) in [5.74, 6) is 0.169. The number of hydrogen-bond acceptors (Lipinski definition) is 7. The van der Waals surface area contributed by atoms with Gasteiger partial charge in [-0.2, -0.15) is 0 Å². The standard InChI is InChI=1S/C24H28FN5O2S/c1-14(16-8-17(25)11-26-10-16)27-23-28-19-5-6-33-21(19)20(29-23)22(32)30-12-15(13-30)7-18(31)9-24(2,3)4/h5-6,8,10-11,14-15H,7,9,12-13H2,1-4H3,(H,27,28,29)/t14-/m0/s1. The van der Waals surface area contributed by atoms with E-state index in [1.54, 1.807) is 11.1 Å². The fourth-order valence-electron chi connectivity index (χ4n) is 4.02. The maximum atomic E-state index is 13.5. The van der Waals surface area contributed by atoms with Crippen LogP contribution in [0.3, 0.4) is 0 Å². The van der Waals surface area contributed by atoms with Gasteiger partial charge in [0.1, 0.15) is 11.6 Å². The minimum absolute atomic E-state index is 0.0236. The molecule has 7 nitrogen and oxygen atoms in total. The van der Waals surface area contributed by atoms with E-state index in [9.17, 15) is 14.0 Å². The number of hydrogen-bond donors (Lipinski definition) is 1. The van der Waals surface area contributed by atoms with Gasteiger partial charge in [0.25, 0.3) is 5.91 Å². The van der Waals surface area contributed by atoms with Crippen molar-refractivity contribution in [2.75, 3.05) is 18.4 Å². The number of carbonyl (C=O) groups is 2. The number of amides is 1. The van der Waals surface area contributed by atoms with Crippen LogP contribution in [0.15, 0.2) is 29.9 Å². The number of Topliss-reactive ketones (excluding diaryl/α,β-unsaturated/α-hetero) is 1. The first-order valence-corrected chi connectivity index (χ1v) is 11.9. The molecule has 1 aliphatic heterocycles. The van der Waals surface area contributed by atoms with Crippen molar-refractivity contribution in [3.8, 4) is 0 Å². The van der Waals surface area contributed by atoms with Crippen LogP contribution < -0.4 is 5.32 Å². The SMILES string of the molecule is C[C@H](Nc1nc(C(=O)N2CC(CC(=O)CC(C)(C)C)C2)c2sccc2n1)c1cncc(F)c1. The second-order valence-electron chi connectivity index (χ2n) is 9.89. The number of pyridine rings is 1. The Hall–Kier alpha value is -2.94. The number of rotatable bonds is 7. The van der Waals surface area contributed by atoms with Gasteiger partial charge < -0.3 is 10.2 Å². The second-order valence-corrected chi connectivity index (χ2v) is 10.8. The number of aromatic nitrogens is 3. The minimum Gasteiger partial charge on any atom is -0.348 e. The van der Waals surface area contributed by atoms with Crippen LogP contribution in [0.25, 0.3) is 10.2 Å².